The van der Waals surface area contributed by atoms with Crippen molar-refractivity contribution in [3.63, 3.8) is 0 Å². The average Bonchev–Trinajstić information content (AvgIpc) is 2.45. The van der Waals surface area contributed by atoms with Crippen LogP contribution in [0.5, 0.6) is 0 Å². The fourth-order valence-electron chi connectivity index (χ4n) is 2.04. The van der Waals surface area contributed by atoms with E-state index in [2.05, 4.69) is 12.1 Å². The van der Waals surface area contributed by atoms with Crippen LogP contribution in [-0.2, 0) is 6.42 Å². The molecule has 2 rings (SSSR count). The third-order valence-electron chi connectivity index (χ3n) is 3.13. The molecule has 2 aromatic carbocycles. The molecule has 0 saturated heterocycles. The van der Waals surface area contributed by atoms with Gasteiger partial charge in [0, 0.05) is 12.0 Å². The van der Waals surface area contributed by atoms with Crippen LogP contribution in [0.3, 0.4) is 0 Å². The van der Waals surface area contributed by atoms with Gasteiger partial charge in [-0.3, -0.25) is 4.79 Å². The molecule has 19 heavy (non-hydrogen) atoms. The Bertz CT molecular complexity index is 517. The van der Waals surface area contributed by atoms with Crippen molar-refractivity contribution in [2.45, 2.75) is 25.7 Å². The lowest BCUT2D eigenvalue weighted by atomic mass is 10.0. The van der Waals surface area contributed by atoms with E-state index in [-0.39, 0.29) is 11.6 Å². The van der Waals surface area contributed by atoms with Crippen LogP contribution < -0.4 is 0 Å². The smallest absolute Gasteiger partial charge is 0.162 e. The fraction of sp³-hybridized carbons (Fsp3) is 0.235. The summed E-state index contributed by atoms with van der Waals surface area (Å²) in [6.45, 7) is 0. The number of Topliss-reactive ketones (excluding diaryl/α,β-unsaturated/α-hetero) is 1. The first-order valence-corrected chi connectivity index (χ1v) is 6.58. The Balaban J connectivity index is 1.74. The molecule has 0 aliphatic carbocycles. The van der Waals surface area contributed by atoms with Crippen molar-refractivity contribution in [3.8, 4) is 0 Å². The van der Waals surface area contributed by atoms with Gasteiger partial charge in [-0.05, 0) is 49.1 Å². The van der Waals surface area contributed by atoms with Crippen molar-refractivity contribution in [2.24, 2.45) is 0 Å². The van der Waals surface area contributed by atoms with Gasteiger partial charge in [0.2, 0.25) is 0 Å². The Morgan fingerprint density at radius 3 is 2.26 bits per heavy atom. The summed E-state index contributed by atoms with van der Waals surface area (Å²) < 4.78 is 12.7. The molecule has 0 amide bonds. The summed E-state index contributed by atoms with van der Waals surface area (Å²) in [5, 5.41) is 0. The van der Waals surface area contributed by atoms with Gasteiger partial charge in [0.05, 0.1) is 0 Å². The predicted molar refractivity (Wildman–Crippen MR) is 74.7 cm³/mol. The maximum atomic E-state index is 12.7. The SMILES string of the molecule is O=C(CCCCc1ccccc1)c1ccc(F)cc1. The molecule has 0 unspecified atom stereocenters. The van der Waals surface area contributed by atoms with Crippen molar-refractivity contribution in [3.05, 3.63) is 71.5 Å². The summed E-state index contributed by atoms with van der Waals surface area (Å²) in [5.74, 6) is -0.214. The third-order valence-corrected chi connectivity index (χ3v) is 3.13. The number of halogens is 1. The topological polar surface area (TPSA) is 17.1 Å². The Hall–Kier alpha value is -1.96. The van der Waals surface area contributed by atoms with Crippen LogP contribution in [0.15, 0.2) is 54.6 Å². The molecule has 98 valence electrons. The number of aryl methyl sites for hydroxylation is 1. The second kappa shape index (κ2) is 6.83. The van der Waals surface area contributed by atoms with E-state index in [1.807, 2.05) is 18.2 Å². The number of rotatable bonds is 6. The second-order valence-corrected chi connectivity index (χ2v) is 4.62. The predicted octanol–water partition coefficient (Wildman–Crippen LogP) is 4.42. The van der Waals surface area contributed by atoms with Crippen LogP contribution in [0.4, 0.5) is 4.39 Å². The van der Waals surface area contributed by atoms with E-state index in [0.717, 1.165) is 19.3 Å². The standard InChI is InChI=1S/C17H17FO/c18-16-12-10-15(11-13-16)17(19)9-5-4-8-14-6-2-1-3-7-14/h1-3,6-7,10-13H,4-5,8-9H2. The molecule has 2 aromatic rings. The first kappa shape index (κ1) is 13.5. The lowest BCUT2D eigenvalue weighted by Crippen LogP contribution is -1.99. The van der Waals surface area contributed by atoms with Gasteiger partial charge in [0.25, 0.3) is 0 Å². The third kappa shape index (κ3) is 4.32. The number of hydrogen-bond acceptors (Lipinski definition) is 1. The highest BCUT2D eigenvalue weighted by Gasteiger charge is 2.05. The first-order chi connectivity index (χ1) is 9.25. The van der Waals surface area contributed by atoms with Gasteiger partial charge in [0.1, 0.15) is 5.82 Å². The maximum Gasteiger partial charge on any atom is 0.162 e. The Morgan fingerprint density at radius 1 is 0.895 bits per heavy atom. The fourth-order valence-corrected chi connectivity index (χ4v) is 2.04. The van der Waals surface area contributed by atoms with E-state index in [9.17, 15) is 9.18 Å². The summed E-state index contributed by atoms with van der Waals surface area (Å²) in [7, 11) is 0. The average molecular weight is 256 g/mol. The number of hydrogen-bond donors (Lipinski definition) is 0. The van der Waals surface area contributed by atoms with Crippen LogP contribution in [0.1, 0.15) is 35.2 Å². The van der Waals surface area contributed by atoms with E-state index in [0.29, 0.717) is 12.0 Å². The maximum absolute atomic E-state index is 12.7. The molecule has 0 saturated carbocycles. The normalized spacial score (nSPS) is 10.4. The lowest BCUT2D eigenvalue weighted by molar-refractivity contribution is 0.0979. The molecule has 0 N–H and O–H groups in total. The van der Waals surface area contributed by atoms with Crippen molar-refractivity contribution < 1.29 is 9.18 Å². The van der Waals surface area contributed by atoms with Gasteiger partial charge in [-0.2, -0.15) is 0 Å². The number of carbonyl (C=O) groups excluding carboxylic acids is 1. The quantitative estimate of drug-likeness (QED) is 0.552. The minimum atomic E-state index is -0.305. The Labute approximate surface area is 113 Å². The van der Waals surface area contributed by atoms with Gasteiger partial charge < -0.3 is 0 Å². The molecule has 0 bridgehead atoms. The van der Waals surface area contributed by atoms with Crippen molar-refractivity contribution in [1.82, 2.24) is 0 Å². The molecule has 1 nitrogen and oxygen atoms in total. The van der Waals surface area contributed by atoms with Crippen LogP contribution >= 0.6 is 0 Å². The first-order valence-electron chi connectivity index (χ1n) is 6.58. The number of ketones is 1. The van der Waals surface area contributed by atoms with Gasteiger partial charge in [-0.1, -0.05) is 30.3 Å². The minimum absolute atomic E-state index is 0.0908. The zero-order chi connectivity index (χ0) is 13.5. The van der Waals surface area contributed by atoms with E-state index >= 15 is 0 Å². The monoisotopic (exact) mass is 256 g/mol. The van der Waals surface area contributed by atoms with Gasteiger partial charge in [-0.25, -0.2) is 4.39 Å². The van der Waals surface area contributed by atoms with E-state index < -0.39 is 0 Å². The van der Waals surface area contributed by atoms with Crippen LogP contribution in [0, 0.1) is 5.82 Å². The van der Waals surface area contributed by atoms with Gasteiger partial charge >= 0.3 is 0 Å². The molecule has 0 radical (unpaired) electrons. The number of carbonyl (C=O) groups is 1. The molecular weight excluding hydrogens is 239 g/mol. The summed E-state index contributed by atoms with van der Waals surface area (Å²) in [6, 6.07) is 16.0. The molecule has 0 spiro atoms. The largest absolute Gasteiger partial charge is 0.294 e. The Kier molecular flexibility index (Phi) is 4.85. The minimum Gasteiger partial charge on any atom is -0.294 e. The van der Waals surface area contributed by atoms with Gasteiger partial charge in [-0.15, -0.1) is 0 Å². The summed E-state index contributed by atoms with van der Waals surface area (Å²) in [4.78, 5) is 11.8. The second-order valence-electron chi connectivity index (χ2n) is 4.62. The summed E-state index contributed by atoms with van der Waals surface area (Å²) >= 11 is 0. The van der Waals surface area contributed by atoms with Crippen LogP contribution in [-0.4, -0.2) is 5.78 Å². The lowest BCUT2D eigenvalue weighted by Gasteiger charge is -2.02. The molecule has 2 heteroatoms. The highest BCUT2D eigenvalue weighted by atomic mass is 19.1. The summed E-state index contributed by atoms with van der Waals surface area (Å²) in [6.07, 6.45) is 3.39. The zero-order valence-corrected chi connectivity index (χ0v) is 10.8. The number of benzene rings is 2. The van der Waals surface area contributed by atoms with Crippen molar-refractivity contribution in [1.29, 1.82) is 0 Å². The molecule has 0 atom stereocenters. The van der Waals surface area contributed by atoms with E-state index in [4.69, 9.17) is 0 Å². The van der Waals surface area contributed by atoms with E-state index in [1.54, 1.807) is 12.1 Å². The van der Waals surface area contributed by atoms with Crippen LogP contribution in [0.25, 0.3) is 0 Å². The van der Waals surface area contributed by atoms with Gasteiger partial charge in [0.15, 0.2) is 5.78 Å². The molecule has 0 heterocycles. The van der Waals surface area contributed by atoms with Crippen molar-refractivity contribution in [2.75, 3.05) is 0 Å². The highest BCUT2D eigenvalue weighted by Crippen LogP contribution is 2.10. The molecular formula is C17H17FO. The van der Waals surface area contributed by atoms with Crippen LogP contribution in [0.2, 0.25) is 0 Å². The number of unbranched alkanes of at least 4 members (excludes halogenated alkanes) is 1. The summed E-state index contributed by atoms with van der Waals surface area (Å²) in [5.41, 5.74) is 1.90. The van der Waals surface area contributed by atoms with E-state index in [1.165, 1.54) is 17.7 Å². The Morgan fingerprint density at radius 2 is 1.58 bits per heavy atom. The van der Waals surface area contributed by atoms with Crippen molar-refractivity contribution >= 4 is 5.78 Å². The zero-order valence-electron chi connectivity index (χ0n) is 10.8. The molecule has 0 aromatic heterocycles. The molecule has 0 aliphatic rings. The molecule has 0 aliphatic heterocycles. The molecule has 0 fully saturated rings. The highest BCUT2D eigenvalue weighted by molar-refractivity contribution is 5.95.